The first-order chi connectivity index (χ1) is 21.7. The smallest absolute Gasteiger partial charge is 0.404 e. The highest BCUT2D eigenvalue weighted by Crippen LogP contribution is 2.38. The molecule has 0 unspecified atom stereocenters. The second kappa shape index (κ2) is 12.5. The van der Waals surface area contributed by atoms with Crippen LogP contribution in [0, 0.1) is 18.6 Å². The van der Waals surface area contributed by atoms with Crippen molar-refractivity contribution in [3.05, 3.63) is 93.3 Å². The molecule has 4 N–H and O–H groups in total. The molecular weight excluding hydrogens is 608 g/mol. The van der Waals surface area contributed by atoms with Crippen molar-refractivity contribution >= 4 is 22.8 Å². The molecule has 4 aromatic rings. The Labute approximate surface area is 261 Å². The molecule has 0 bridgehead atoms. The minimum atomic E-state index is -1.53. The number of ether oxygens (including phenoxy) is 4. The number of methoxy groups -OCH3 is 1. The molecule has 242 valence electrons. The van der Waals surface area contributed by atoms with Gasteiger partial charge in [0.05, 0.1) is 16.6 Å². The van der Waals surface area contributed by atoms with Gasteiger partial charge in [-0.25, -0.2) is 18.4 Å². The van der Waals surface area contributed by atoms with Crippen LogP contribution in [0.15, 0.2) is 63.8 Å². The molecule has 1 aromatic heterocycles. The number of halogens is 2. The van der Waals surface area contributed by atoms with E-state index in [1.165, 1.54) is 37.4 Å². The quantitative estimate of drug-likeness (QED) is 0.184. The van der Waals surface area contributed by atoms with E-state index in [4.69, 9.17) is 29.1 Å². The number of ketones is 1. The highest BCUT2D eigenvalue weighted by Gasteiger charge is 2.53. The van der Waals surface area contributed by atoms with Gasteiger partial charge in [0.25, 0.3) is 0 Å². The average Bonchev–Trinajstić information content (AvgIpc) is 3.00. The van der Waals surface area contributed by atoms with Gasteiger partial charge in [-0.3, -0.25) is 4.79 Å². The summed E-state index contributed by atoms with van der Waals surface area (Å²) < 4.78 is 55.1. The van der Waals surface area contributed by atoms with Gasteiger partial charge in [-0.05, 0) is 62.2 Å². The third kappa shape index (κ3) is 6.16. The molecule has 13 heteroatoms. The summed E-state index contributed by atoms with van der Waals surface area (Å²) >= 11 is 0. The molecule has 0 saturated carbocycles. The summed E-state index contributed by atoms with van der Waals surface area (Å²) in [5.74, 6) is -2.93. The van der Waals surface area contributed by atoms with Crippen molar-refractivity contribution in [3.63, 3.8) is 0 Å². The molecule has 2 heterocycles. The van der Waals surface area contributed by atoms with Crippen LogP contribution in [0.1, 0.15) is 35.3 Å². The van der Waals surface area contributed by atoms with E-state index in [2.05, 4.69) is 0 Å². The average molecular weight is 640 g/mol. The van der Waals surface area contributed by atoms with E-state index in [-0.39, 0.29) is 33.4 Å². The maximum absolute atomic E-state index is 13.8. The van der Waals surface area contributed by atoms with Gasteiger partial charge in [-0.2, -0.15) is 0 Å². The Kier molecular flexibility index (Phi) is 8.85. The lowest BCUT2D eigenvalue weighted by atomic mass is 9.89. The Hall–Kier alpha value is -4.85. The van der Waals surface area contributed by atoms with Crippen molar-refractivity contribution in [1.82, 2.24) is 0 Å². The van der Waals surface area contributed by atoms with Gasteiger partial charge in [-0.1, -0.05) is 24.3 Å². The highest BCUT2D eigenvalue weighted by atomic mass is 19.2. The normalized spacial score (nSPS) is 20.8. The molecule has 1 fully saturated rings. The Balaban J connectivity index is 1.42. The summed E-state index contributed by atoms with van der Waals surface area (Å²) in [4.78, 5) is 37.8. The number of carbonyl (C=O) groups excluding carboxylic acids is 2. The molecule has 4 atom stereocenters. The number of aliphatic hydroxyl groups excluding tert-OH is 1. The van der Waals surface area contributed by atoms with E-state index in [9.17, 15) is 33.4 Å². The van der Waals surface area contributed by atoms with Crippen molar-refractivity contribution in [1.29, 1.82) is 0 Å². The first-order valence-electron chi connectivity index (χ1n) is 14.1. The number of hydrogen-bond acceptors (Lipinski definition) is 10. The van der Waals surface area contributed by atoms with Crippen molar-refractivity contribution in [3.8, 4) is 22.6 Å². The van der Waals surface area contributed by atoms with Crippen LogP contribution < -0.4 is 16.1 Å². The number of aryl methyl sites for hydroxylation is 1. The monoisotopic (exact) mass is 639 g/mol. The first-order valence-corrected chi connectivity index (χ1v) is 14.1. The van der Waals surface area contributed by atoms with E-state index in [1.54, 1.807) is 32.9 Å². The standard InChI is InChI=1S/C33H31F2NO10/c1-15-24(43-31-26(39)28(45-32(36)41)29(42-4)33(2,3)46-31)11-9-19-25(38)20(30(40)44-27(15)19)14-23(37)18-7-5-6-16(12-18)17-8-10-21(34)22(35)13-17/h5-13,26,28-29,31,38-39H,14H2,1-4H3,(H2,36,41)/t26-,28+,29-,31-/m1/s1. The number of benzene rings is 3. The molecule has 5 rings (SSSR count). The number of aromatic hydroxyl groups is 1. The van der Waals surface area contributed by atoms with Crippen LogP contribution in [0.5, 0.6) is 11.5 Å². The summed E-state index contributed by atoms with van der Waals surface area (Å²) in [5, 5.41) is 22.1. The van der Waals surface area contributed by atoms with Gasteiger partial charge in [-0.15, -0.1) is 0 Å². The van der Waals surface area contributed by atoms with E-state index < -0.39 is 71.5 Å². The number of primary amides is 1. The minimum absolute atomic E-state index is 0.0409. The Bertz CT molecular complexity index is 1890. The number of aliphatic hydroxyl groups is 1. The van der Waals surface area contributed by atoms with E-state index in [0.717, 1.165) is 12.1 Å². The van der Waals surface area contributed by atoms with Crippen LogP contribution in [0.25, 0.3) is 22.1 Å². The van der Waals surface area contributed by atoms with Crippen LogP contribution in [-0.2, 0) is 20.6 Å². The molecule has 0 radical (unpaired) electrons. The Morgan fingerprint density at radius 2 is 1.76 bits per heavy atom. The first kappa shape index (κ1) is 32.5. The number of rotatable bonds is 8. The lowest BCUT2D eigenvalue weighted by Crippen LogP contribution is -2.65. The molecule has 11 nitrogen and oxygen atoms in total. The SMILES string of the molecule is CO[C@@H]1[C@@H](OC(N)=O)[C@@H](O)[C@H](Oc2ccc3c(O)c(CC(=O)c4cccc(-c5ccc(F)c(F)c5)c4)c(=O)oc3c2C)OC1(C)C. The summed E-state index contributed by atoms with van der Waals surface area (Å²) in [6.45, 7) is 4.84. The highest BCUT2D eigenvalue weighted by molar-refractivity contribution is 6.00. The van der Waals surface area contributed by atoms with Gasteiger partial charge < -0.3 is 39.3 Å². The van der Waals surface area contributed by atoms with Crippen LogP contribution in [-0.4, -0.2) is 59.4 Å². The number of fused-ring (bicyclic) bond motifs is 1. The molecular formula is C33H31F2NO10. The predicted octanol–water partition coefficient (Wildman–Crippen LogP) is 4.53. The van der Waals surface area contributed by atoms with Crippen LogP contribution in [0.4, 0.5) is 13.6 Å². The van der Waals surface area contributed by atoms with Gasteiger partial charge in [0.15, 0.2) is 29.6 Å². The number of Topliss-reactive ketones (excluding diaryl/α,β-unsaturated/α-hetero) is 1. The third-order valence-corrected chi connectivity index (χ3v) is 7.88. The van der Waals surface area contributed by atoms with Gasteiger partial charge in [0.2, 0.25) is 6.29 Å². The zero-order chi connectivity index (χ0) is 33.5. The minimum Gasteiger partial charge on any atom is -0.507 e. The molecule has 1 aliphatic heterocycles. The number of carbonyl (C=O) groups is 2. The molecule has 1 aliphatic rings. The maximum atomic E-state index is 13.8. The van der Waals surface area contributed by atoms with Crippen LogP contribution >= 0.6 is 0 Å². The second-order valence-corrected chi connectivity index (χ2v) is 11.3. The van der Waals surface area contributed by atoms with Crippen molar-refractivity contribution < 1.29 is 51.9 Å². The maximum Gasteiger partial charge on any atom is 0.404 e. The van der Waals surface area contributed by atoms with Gasteiger partial charge in [0, 0.05) is 24.7 Å². The molecule has 1 saturated heterocycles. The van der Waals surface area contributed by atoms with Gasteiger partial charge >= 0.3 is 11.7 Å². The Morgan fingerprint density at radius 3 is 2.43 bits per heavy atom. The third-order valence-electron chi connectivity index (χ3n) is 7.88. The number of nitrogens with two attached hydrogens (primary N) is 1. The van der Waals surface area contributed by atoms with E-state index in [0.29, 0.717) is 11.1 Å². The van der Waals surface area contributed by atoms with Gasteiger partial charge in [0.1, 0.15) is 23.2 Å². The molecule has 1 amide bonds. The molecule has 3 aromatic carbocycles. The predicted molar refractivity (Wildman–Crippen MR) is 160 cm³/mol. The fourth-order valence-corrected chi connectivity index (χ4v) is 5.57. The van der Waals surface area contributed by atoms with Crippen LogP contribution in [0.3, 0.4) is 0 Å². The molecule has 0 spiro atoms. The summed E-state index contributed by atoms with van der Waals surface area (Å²) in [5.41, 5.74) is 4.02. The zero-order valence-electron chi connectivity index (χ0n) is 25.2. The van der Waals surface area contributed by atoms with Crippen molar-refractivity contribution in [2.45, 2.75) is 57.4 Å². The zero-order valence-corrected chi connectivity index (χ0v) is 25.2. The second-order valence-electron chi connectivity index (χ2n) is 11.3. The fourth-order valence-electron chi connectivity index (χ4n) is 5.57. The molecule has 0 aliphatic carbocycles. The summed E-state index contributed by atoms with van der Waals surface area (Å²) in [6, 6.07) is 12.4. The topological polar surface area (TPSA) is 168 Å². The van der Waals surface area contributed by atoms with E-state index >= 15 is 0 Å². The van der Waals surface area contributed by atoms with Crippen molar-refractivity contribution in [2.75, 3.05) is 7.11 Å². The summed E-state index contributed by atoms with van der Waals surface area (Å²) in [6.07, 6.45) is -6.68. The lowest BCUT2D eigenvalue weighted by molar-refractivity contribution is -0.304. The fraction of sp³-hybridized carbons (Fsp3) is 0.303. The largest absolute Gasteiger partial charge is 0.507 e. The van der Waals surface area contributed by atoms with E-state index in [1.807, 2.05) is 0 Å². The van der Waals surface area contributed by atoms with Crippen LogP contribution in [0.2, 0.25) is 0 Å². The Morgan fingerprint density at radius 1 is 1.04 bits per heavy atom. The lowest BCUT2D eigenvalue weighted by Gasteiger charge is -2.47. The molecule has 46 heavy (non-hydrogen) atoms. The number of amides is 1. The number of hydrogen-bond donors (Lipinski definition) is 3. The summed E-state index contributed by atoms with van der Waals surface area (Å²) in [7, 11) is 1.36. The van der Waals surface area contributed by atoms with Crippen molar-refractivity contribution in [2.24, 2.45) is 5.73 Å².